The van der Waals surface area contributed by atoms with E-state index in [0.29, 0.717) is 5.69 Å². The van der Waals surface area contributed by atoms with E-state index in [1.165, 1.54) is 0 Å². The Morgan fingerprint density at radius 2 is 1.17 bits per heavy atom. The number of carbonyl (C=O) groups excluding carboxylic acids is 2. The molecular weight excluding hydrogens is 360 g/mol. The third-order valence-corrected chi connectivity index (χ3v) is 4.73. The van der Waals surface area contributed by atoms with E-state index >= 15 is 0 Å². The third-order valence-electron chi connectivity index (χ3n) is 4.73. The molecule has 0 atom stereocenters. The molecule has 0 heterocycles. The second kappa shape index (κ2) is 8.74. The van der Waals surface area contributed by atoms with E-state index < -0.39 is 17.9 Å². The second-order valence-electron chi connectivity index (χ2n) is 7.98. The Hall–Kier alpha value is -3.40. The first kappa shape index (κ1) is 20.3. The summed E-state index contributed by atoms with van der Waals surface area (Å²) in [6.45, 7) is 6.21. The van der Waals surface area contributed by atoms with Crippen molar-refractivity contribution >= 4 is 17.5 Å². The maximum Gasteiger partial charge on any atom is 0.313 e. The highest BCUT2D eigenvalue weighted by molar-refractivity contribution is 6.39. The summed E-state index contributed by atoms with van der Waals surface area (Å²) < 4.78 is 0. The minimum atomic E-state index is -0.682. The van der Waals surface area contributed by atoms with E-state index in [2.05, 4.69) is 31.4 Å². The van der Waals surface area contributed by atoms with Gasteiger partial charge in [-0.15, -0.1) is 0 Å². The van der Waals surface area contributed by atoms with Crippen molar-refractivity contribution in [2.75, 3.05) is 5.32 Å². The molecule has 0 saturated heterocycles. The lowest BCUT2D eigenvalue weighted by Crippen LogP contribution is -2.38. The van der Waals surface area contributed by atoms with Crippen molar-refractivity contribution < 1.29 is 9.59 Å². The Labute approximate surface area is 172 Å². The van der Waals surface area contributed by atoms with Gasteiger partial charge in [0.15, 0.2) is 0 Å². The van der Waals surface area contributed by atoms with Gasteiger partial charge < -0.3 is 10.6 Å². The topological polar surface area (TPSA) is 58.2 Å². The molecule has 0 aromatic heterocycles. The number of carbonyl (C=O) groups is 2. The Morgan fingerprint density at radius 3 is 1.69 bits per heavy atom. The van der Waals surface area contributed by atoms with Crippen LogP contribution in [0.15, 0.2) is 84.9 Å². The molecule has 0 saturated carbocycles. The van der Waals surface area contributed by atoms with Crippen LogP contribution >= 0.6 is 0 Å². The van der Waals surface area contributed by atoms with Gasteiger partial charge in [-0.25, -0.2) is 0 Å². The van der Waals surface area contributed by atoms with Gasteiger partial charge in [-0.1, -0.05) is 99.6 Å². The van der Waals surface area contributed by atoms with Crippen molar-refractivity contribution in [3.63, 3.8) is 0 Å². The van der Waals surface area contributed by atoms with Crippen LogP contribution in [0.25, 0.3) is 0 Å². The van der Waals surface area contributed by atoms with Crippen LogP contribution in [0.2, 0.25) is 0 Å². The van der Waals surface area contributed by atoms with E-state index in [-0.39, 0.29) is 5.41 Å². The Kier molecular flexibility index (Phi) is 6.13. The van der Waals surface area contributed by atoms with Crippen molar-refractivity contribution in [1.82, 2.24) is 5.32 Å². The number of hydrogen-bond acceptors (Lipinski definition) is 2. The zero-order valence-electron chi connectivity index (χ0n) is 17.0. The van der Waals surface area contributed by atoms with Crippen LogP contribution in [0.5, 0.6) is 0 Å². The normalized spacial score (nSPS) is 11.2. The molecule has 0 aliphatic carbocycles. The van der Waals surface area contributed by atoms with Crippen LogP contribution in [-0.4, -0.2) is 11.8 Å². The van der Waals surface area contributed by atoms with Crippen LogP contribution in [0.3, 0.4) is 0 Å². The van der Waals surface area contributed by atoms with Crippen molar-refractivity contribution in [2.24, 2.45) is 0 Å². The number of amides is 2. The Balaban J connectivity index is 1.81. The first-order valence-corrected chi connectivity index (χ1v) is 9.67. The van der Waals surface area contributed by atoms with Crippen molar-refractivity contribution in [3.8, 4) is 0 Å². The molecule has 2 N–H and O–H groups in total. The lowest BCUT2D eigenvalue weighted by Gasteiger charge is -2.23. The van der Waals surface area contributed by atoms with Gasteiger partial charge in [-0.3, -0.25) is 9.59 Å². The highest BCUT2D eigenvalue weighted by atomic mass is 16.2. The van der Waals surface area contributed by atoms with Gasteiger partial charge in [0.05, 0.1) is 6.04 Å². The molecule has 148 valence electrons. The van der Waals surface area contributed by atoms with Gasteiger partial charge in [-0.05, 0) is 28.2 Å². The second-order valence-corrected chi connectivity index (χ2v) is 7.98. The predicted molar refractivity (Wildman–Crippen MR) is 117 cm³/mol. The monoisotopic (exact) mass is 386 g/mol. The fourth-order valence-corrected chi connectivity index (χ4v) is 3.27. The molecule has 4 nitrogen and oxygen atoms in total. The standard InChI is InChI=1S/C25H26N2O2/c1-25(2,3)20-16-10-11-17-21(20)26-23(28)24(29)27-22(18-12-6-4-7-13-18)19-14-8-5-9-15-19/h4-17,22H,1-3H3,(H,26,28)(H,27,29). The van der Waals surface area contributed by atoms with Crippen molar-refractivity contribution in [2.45, 2.75) is 32.2 Å². The van der Waals surface area contributed by atoms with Crippen LogP contribution < -0.4 is 10.6 Å². The van der Waals surface area contributed by atoms with E-state index in [1.807, 2.05) is 84.9 Å². The average molecular weight is 386 g/mol. The third kappa shape index (κ3) is 5.11. The first-order chi connectivity index (χ1) is 13.9. The fraction of sp³-hybridized carbons (Fsp3) is 0.200. The van der Waals surface area contributed by atoms with Gasteiger partial charge >= 0.3 is 11.8 Å². The number of nitrogens with one attached hydrogen (secondary N) is 2. The summed E-state index contributed by atoms with van der Waals surface area (Å²) in [7, 11) is 0. The van der Waals surface area contributed by atoms with Gasteiger partial charge in [0.25, 0.3) is 0 Å². The molecule has 0 unspecified atom stereocenters. The molecule has 3 rings (SSSR count). The molecule has 0 bridgehead atoms. The predicted octanol–water partition coefficient (Wildman–Crippen LogP) is 4.83. The summed E-state index contributed by atoms with van der Waals surface area (Å²) in [5.41, 5.74) is 3.29. The number of para-hydroxylation sites is 1. The van der Waals surface area contributed by atoms with Crippen LogP contribution in [0.4, 0.5) is 5.69 Å². The number of benzene rings is 3. The molecule has 0 fully saturated rings. The largest absolute Gasteiger partial charge is 0.337 e. The van der Waals surface area contributed by atoms with Crippen molar-refractivity contribution in [3.05, 3.63) is 102 Å². The fourth-order valence-electron chi connectivity index (χ4n) is 3.27. The number of rotatable bonds is 4. The van der Waals surface area contributed by atoms with E-state index in [0.717, 1.165) is 16.7 Å². The Morgan fingerprint density at radius 1 is 0.690 bits per heavy atom. The molecule has 0 spiro atoms. The molecule has 0 aliphatic rings. The van der Waals surface area contributed by atoms with Crippen LogP contribution in [0.1, 0.15) is 43.5 Å². The summed E-state index contributed by atoms with van der Waals surface area (Å²) in [5, 5.41) is 5.65. The smallest absolute Gasteiger partial charge is 0.313 e. The van der Waals surface area contributed by atoms with Gasteiger partial charge in [0.2, 0.25) is 0 Å². The van der Waals surface area contributed by atoms with Gasteiger partial charge in [0.1, 0.15) is 0 Å². The summed E-state index contributed by atoms with van der Waals surface area (Å²) in [5.74, 6) is -1.36. The zero-order valence-corrected chi connectivity index (χ0v) is 17.0. The summed E-state index contributed by atoms with van der Waals surface area (Å²) in [6.07, 6.45) is 0. The Bertz CT molecular complexity index is 937. The number of anilines is 1. The molecule has 29 heavy (non-hydrogen) atoms. The zero-order chi connectivity index (χ0) is 20.9. The lowest BCUT2D eigenvalue weighted by atomic mass is 9.86. The summed E-state index contributed by atoms with van der Waals surface area (Å²) >= 11 is 0. The quantitative estimate of drug-likeness (QED) is 0.631. The first-order valence-electron chi connectivity index (χ1n) is 9.67. The summed E-state index contributed by atoms with van der Waals surface area (Å²) in [6, 6.07) is 26.4. The molecule has 0 aliphatic heterocycles. The molecule has 4 heteroatoms. The van der Waals surface area contributed by atoms with Crippen molar-refractivity contribution in [1.29, 1.82) is 0 Å². The molecule has 3 aromatic rings. The molecule has 2 amide bonds. The van der Waals surface area contributed by atoms with E-state index in [1.54, 1.807) is 0 Å². The van der Waals surface area contributed by atoms with E-state index in [9.17, 15) is 9.59 Å². The lowest BCUT2D eigenvalue weighted by molar-refractivity contribution is -0.136. The van der Waals surface area contributed by atoms with Crippen LogP contribution in [-0.2, 0) is 15.0 Å². The molecule has 0 radical (unpaired) electrons. The highest BCUT2D eigenvalue weighted by Crippen LogP contribution is 2.29. The minimum absolute atomic E-state index is 0.156. The van der Waals surface area contributed by atoms with Gasteiger partial charge in [0, 0.05) is 5.69 Å². The van der Waals surface area contributed by atoms with Crippen LogP contribution in [0, 0.1) is 0 Å². The average Bonchev–Trinajstić information content (AvgIpc) is 2.72. The minimum Gasteiger partial charge on any atom is -0.337 e. The SMILES string of the molecule is CC(C)(C)c1ccccc1NC(=O)C(=O)NC(c1ccccc1)c1ccccc1. The maximum absolute atomic E-state index is 12.7. The molecular formula is C25H26N2O2. The van der Waals surface area contributed by atoms with Gasteiger partial charge in [-0.2, -0.15) is 0 Å². The van der Waals surface area contributed by atoms with E-state index in [4.69, 9.17) is 0 Å². The highest BCUT2D eigenvalue weighted by Gasteiger charge is 2.24. The molecule has 3 aromatic carbocycles. The number of hydrogen-bond donors (Lipinski definition) is 2. The maximum atomic E-state index is 12.7. The summed E-state index contributed by atoms with van der Waals surface area (Å²) in [4.78, 5) is 25.4.